The molecule has 6 nitrogen and oxygen atoms in total. The SMILES string of the molecule is CCCN(CCC)C(=O)c1nc(C(=O)N(C)Cc2ccccc2)c2ccccn12. The predicted molar refractivity (Wildman–Crippen MR) is 114 cm³/mol. The first kappa shape index (κ1) is 20.6. The molecule has 0 spiro atoms. The highest BCUT2D eigenvalue weighted by atomic mass is 16.2. The average Bonchev–Trinajstić information content (AvgIpc) is 3.13. The van der Waals surface area contributed by atoms with Crippen molar-refractivity contribution >= 4 is 17.3 Å². The summed E-state index contributed by atoms with van der Waals surface area (Å²) in [5, 5.41) is 0. The third-order valence-electron chi connectivity index (χ3n) is 4.83. The Balaban J connectivity index is 1.95. The molecule has 0 atom stereocenters. The Morgan fingerprint density at radius 1 is 0.931 bits per heavy atom. The summed E-state index contributed by atoms with van der Waals surface area (Å²) in [6.07, 6.45) is 3.54. The maximum atomic E-state index is 13.2. The van der Waals surface area contributed by atoms with Gasteiger partial charge in [-0.1, -0.05) is 50.2 Å². The van der Waals surface area contributed by atoms with Gasteiger partial charge in [0.05, 0.1) is 5.52 Å². The number of carbonyl (C=O) groups excluding carboxylic acids is 2. The van der Waals surface area contributed by atoms with Gasteiger partial charge in [-0.05, 0) is 30.5 Å². The number of nitrogens with zero attached hydrogens (tertiary/aromatic N) is 4. The normalized spacial score (nSPS) is 10.9. The fourth-order valence-electron chi connectivity index (χ4n) is 3.45. The summed E-state index contributed by atoms with van der Waals surface area (Å²) < 4.78 is 1.73. The number of fused-ring (bicyclic) bond motifs is 1. The van der Waals surface area contributed by atoms with Crippen LogP contribution in [0.3, 0.4) is 0 Å². The summed E-state index contributed by atoms with van der Waals surface area (Å²) >= 11 is 0. The number of amides is 2. The maximum absolute atomic E-state index is 13.2. The molecule has 0 unspecified atom stereocenters. The molecule has 0 fully saturated rings. The van der Waals surface area contributed by atoms with Gasteiger partial charge < -0.3 is 9.80 Å². The van der Waals surface area contributed by atoms with Crippen LogP contribution < -0.4 is 0 Å². The monoisotopic (exact) mass is 392 g/mol. The number of imidazole rings is 1. The molecule has 0 N–H and O–H groups in total. The molecular weight excluding hydrogens is 364 g/mol. The highest BCUT2D eigenvalue weighted by Crippen LogP contribution is 2.18. The lowest BCUT2D eigenvalue weighted by atomic mass is 10.2. The number of hydrogen-bond acceptors (Lipinski definition) is 3. The highest BCUT2D eigenvalue weighted by molar-refractivity contribution is 6.02. The average molecular weight is 393 g/mol. The summed E-state index contributed by atoms with van der Waals surface area (Å²) in [5.74, 6) is -0.0484. The number of aromatic nitrogens is 2. The largest absolute Gasteiger partial charge is 0.336 e. The third kappa shape index (κ3) is 4.47. The summed E-state index contributed by atoms with van der Waals surface area (Å²) in [5.41, 5.74) is 1.99. The minimum atomic E-state index is -0.200. The van der Waals surface area contributed by atoms with E-state index in [9.17, 15) is 9.59 Å². The molecule has 2 amide bonds. The van der Waals surface area contributed by atoms with Gasteiger partial charge >= 0.3 is 0 Å². The van der Waals surface area contributed by atoms with Gasteiger partial charge in [-0.15, -0.1) is 0 Å². The Morgan fingerprint density at radius 2 is 1.59 bits per heavy atom. The topological polar surface area (TPSA) is 57.9 Å². The zero-order valence-electron chi connectivity index (χ0n) is 17.3. The van der Waals surface area contributed by atoms with Crippen LogP contribution in [0.15, 0.2) is 54.7 Å². The van der Waals surface area contributed by atoms with E-state index in [4.69, 9.17) is 0 Å². The van der Waals surface area contributed by atoms with Crippen molar-refractivity contribution in [2.75, 3.05) is 20.1 Å². The van der Waals surface area contributed by atoms with Crippen molar-refractivity contribution < 1.29 is 9.59 Å². The van der Waals surface area contributed by atoms with Crippen LogP contribution in [-0.4, -0.2) is 51.1 Å². The van der Waals surface area contributed by atoms with Crippen molar-refractivity contribution in [2.45, 2.75) is 33.2 Å². The molecule has 0 saturated carbocycles. The zero-order valence-corrected chi connectivity index (χ0v) is 17.3. The van der Waals surface area contributed by atoms with Crippen LogP contribution >= 0.6 is 0 Å². The molecule has 0 aliphatic carbocycles. The quantitative estimate of drug-likeness (QED) is 0.585. The smallest absolute Gasteiger partial charge is 0.290 e. The highest BCUT2D eigenvalue weighted by Gasteiger charge is 2.26. The molecule has 2 aromatic heterocycles. The number of hydrogen-bond donors (Lipinski definition) is 0. The molecule has 0 radical (unpaired) electrons. The Hall–Kier alpha value is -3.15. The van der Waals surface area contributed by atoms with Gasteiger partial charge in [0.2, 0.25) is 5.82 Å². The fourth-order valence-corrected chi connectivity index (χ4v) is 3.45. The number of carbonyl (C=O) groups is 2. The van der Waals surface area contributed by atoms with E-state index in [0.717, 1.165) is 18.4 Å². The van der Waals surface area contributed by atoms with Crippen molar-refractivity contribution in [1.82, 2.24) is 19.2 Å². The summed E-state index contributed by atoms with van der Waals surface area (Å²) in [6.45, 7) is 5.92. The minimum absolute atomic E-state index is 0.139. The van der Waals surface area contributed by atoms with Crippen LogP contribution in [0.2, 0.25) is 0 Å². The first-order chi connectivity index (χ1) is 14.1. The van der Waals surface area contributed by atoms with E-state index >= 15 is 0 Å². The predicted octanol–water partition coefficient (Wildman–Crippen LogP) is 3.87. The van der Waals surface area contributed by atoms with Crippen LogP contribution in [-0.2, 0) is 6.54 Å². The molecular formula is C23H28N4O2. The Labute approximate surface area is 171 Å². The van der Waals surface area contributed by atoms with Gasteiger partial charge in [0.15, 0.2) is 5.69 Å². The zero-order chi connectivity index (χ0) is 20.8. The lowest BCUT2D eigenvalue weighted by molar-refractivity contribution is 0.0742. The molecule has 0 aliphatic rings. The molecule has 0 saturated heterocycles. The lowest BCUT2D eigenvalue weighted by Gasteiger charge is -2.20. The molecule has 3 aromatic rings. The third-order valence-corrected chi connectivity index (χ3v) is 4.83. The standard InChI is InChI=1S/C23H28N4O2/c1-4-14-26(15-5-2)23(29)21-24-20(19-13-9-10-16-27(19)21)22(28)25(3)17-18-11-7-6-8-12-18/h6-13,16H,4-5,14-15,17H2,1-3H3. The molecule has 152 valence electrons. The van der Waals surface area contributed by atoms with Crippen LogP contribution in [0.5, 0.6) is 0 Å². The molecule has 1 aromatic carbocycles. The Bertz CT molecular complexity index is 975. The van der Waals surface area contributed by atoms with Gasteiger partial charge in [-0.3, -0.25) is 14.0 Å². The van der Waals surface area contributed by atoms with Gasteiger partial charge in [-0.2, -0.15) is 0 Å². The number of pyridine rings is 1. The molecule has 0 bridgehead atoms. The van der Waals surface area contributed by atoms with Crippen LogP contribution in [0.1, 0.15) is 53.4 Å². The summed E-state index contributed by atoms with van der Waals surface area (Å²) in [6, 6.07) is 15.3. The van der Waals surface area contributed by atoms with Gasteiger partial charge in [0.1, 0.15) is 0 Å². The molecule has 0 aliphatic heterocycles. The maximum Gasteiger partial charge on any atom is 0.290 e. The Kier molecular flexibility index (Phi) is 6.65. The van der Waals surface area contributed by atoms with Crippen molar-refractivity contribution in [3.05, 3.63) is 71.8 Å². The van der Waals surface area contributed by atoms with Crippen LogP contribution in [0, 0.1) is 0 Å². The van der Waals surface area contributed by atoms with E-state index in [0.29, 0.717) is 36.7 Å². The van der Waals surface area contributed by atoms with Gasteiger partial charge in [-0.25, -0.2) is 4.98 Å². The van der Waals surface area contributed by atoms with Gasteiger partial charge in [0.25, 0.3) is 11.8 Å². The van der Waals surface area contributed by atoms with E-state index in [-0.39, 0.29) is 11.8 Å². The van der Waals surface area contributed by atoms with Crippen molar-refractivity contribution in [3.63, 3.8) is 0 Å². The molecule has 6 heteroatoms. The van der Waals surface area contributed by atoms with Crippen molar-refractivity contribution in [3.8, 4) is 0 Å². The second-order valence-electron chi connectivity index (χ2n) is 7.18. The molecule has 3 rings (SSSR count). The first-order valence-electron chi connectivity index (χ1n) is 10.1. The first-order valence-corrected chi connectivity index (χ1v) is 10.1. The van der Waals surface area contributed by atoms with Crippen LogP contribution in [0.4, 0.5) is 0 Å². The van der Waals surface area contributed by atoms with E-state index in [1.165, 1.54) is 0 Å². The summed E-state index contributed by atoms with van der Waals surface area (Å²) in [4.78, 5) is 34.3. The van der Waals surface area contributed by atoms with E-state index in [2.05, 4.69) is 4.98 Å². The van der Waals surface area contributed by atoms with E-state index < -0.39 is 0 Å². The lowest BCUT2D eigenvalue weighted by Crippen LogP contribution is -2.34. The van der Waals surface area contributed by atoms with E-state index in [1.54, 1.807) is 22.5 Å². The number of benzene rings is 1. The minimum Gasteiger partial charge on any atom is -0.336 e. The Morgan fingerprint density at radius 3 is 2.24 bits per heavy atom. The van der Waals surface area contributed by atoms with Crippen molar-refractivity contribution in [1.29, 1.82) is 0 Å². The fraction of sp³-hybridized carbons (Fsp3) is 0.348. The molecule has 29 heavy (non-hydrogen) atoms. The second-order valence-corrected chi connectivity index (χ2v) is 7.18. The van der Waals surface area contributed by atoms with Gasteiger partial charge in [0, 0.05) is 32.9 Å². The van der Waals surface area contributed by atoms with Crippen LogP contribution in [0.25, 0.3) is 5.52 Å². The second kappa shape index (κ2) is 9.37. The number of rotatable bonds is 8. The summed E-state index contributed by atoms with van der Waals surface area (Å²) in [7, 11) is 1.76. The van der Waals surface area contributed by atoms with E-state index in [1.807, 2.05) is 67.3 Å². The van der Waals surface area contributed by atoms with Crippen molar-refractivity contribution in [2.24, 2.45) is 0 Å². The molecule has 2 heterocycles.